The van der Waals surface area contributed by atoms with Gasteiger partial charge in [-0.1, -0.05) is 18.2 Å². The molecular weight excluding hydrogens is 445 g/mol. The predicted molar refractivity (Wildman–Crippen MR) is 120 cm³/mol. The number of anilines is 1. The molecule has 0 unspecified atom stereocenters. The lowest BCUT2D eigenvalue weighted by atomic mass is 10.3. The van der Waals surface area contributed by atoms with Crippen molar-refractivity contribution in [3.63, 3.8) is 0 Å². The normalized spacial score (nSPS) is 11.0. The highest BCUT2D eigenvalue weighted by Crippen LogP contribution is 2.15. The minimum atomic E-state index is 0. The summed E-state index contributed by atoms with van der Waals surface area (Å²) < 4.78 is 0. The zero-order valence-corrected chi connectivity index (χ0v) is 18.5. The second-order valence-electron chi connectivity index (χ2n) is 5.71. The van der Waals surface area contributed by atoms with Crippen molar-refractivity contribution in [1.82, 2.24) is 15.6 Å². The fourth-order valence-electron chi connectivity index (χ4n) is 2.33. The minimum absolute atomic E-state index is 0. The van der Waals surface area contributed by atoms with Crippen LogP contribution < -0.4 is 15.5 Å². The SMILES string of the molecule is CN=C(NCCCN(C)c1ccccc1)NCc1nc(C)c(C)s1.I. The van der Waals surface area contributed by atoms with Crippen LogP contribution in [0.25, 0.3) is 0 Å². The van der Waals surface area contributed by atoms with Crippen LogP contribution in [0.2, 0.25) is 0 Å². The molecule has 1 heterocycles. The first-order valence-corrected chi connectivity index (χ1v) is 9.05. The third-order valence-electron chi connectivity index (χ3n) is 3.86. The number of rotatable bonds is 7. The lowest BCUT2D eigenvalue weighted by Crippen LogP contribution is -2.38. The van der Waals surface area contributed by atoms with Crippen LogP contribution in [0.5, 0.6) is 0 Å². The van der Waals surface area contributed by atoms with Gasteiger partial charge in [-0.3, -0.25) is 4.99 Å². The lowest BCUT2D eigenvalue weighted by Gasteiger charge is -2.19. The van der Waals surface area contributed by atoms with Crippen LogP contribution in [0.1, 0.15) is 22.0 Å². The van der Waals surface area contributed by atoms with Crippen LogP contribution in [0.15, 0.2) is 35.3 Å². The molecular formula is C18H28IN5S. The summed E-state index contributed by atoms with van der Waals surface area (Å²) in [6.45, 7) is 6.74. The quantitative estimate of drug-likeness (QED) is 0.280. The fraction of sp³-hybridized carbons (Fsp3) is 0.444. The molecule has 0 aliphatic heterocycles. The van der Waals surface area contributed by atoms with Crippen molar-refractivity contribution in [3.05, 3.63) is 45.9 Å². The van der Waals surface area contributed by atoms with Crippen LogP contribution in [0.4, 0.5) is 5.69 Å². The first kappa shape index (κ1) is 21.7. The van der Waals surface area contributed by atoms with Gasteiger partial charge in [0.05, 0.1) is 12.2 Å². The Morgan fingerprint density at radius 2 is 1.92 bits per heavy atom. The van der Waals surface area contributed by atoms with Crippen molar-refractivity contribution in [2.24, 2.45) is 4.99 Å². The summed E-state index contributed by atoms with van der Waals surface area (Å²) >= 11 is 1.73. The second-order valence-corrected chi connectivity index (χ2v) is 7.00. The summed E-state index contributed by atoms with van der Waals surface area (Å²) in [7, 11) is 3.92. The largest absolute Gasteiger partial charge is 0.375 e. The summed E-state index contributed by atoms with van der Waals surface area (Å²) in [5, 5.41) is 7.77. The van der Waals surface area contributed by atoms with Crippen LogP contribution >= 0.6 is 35.3 Å². The van der Waals surface area contributed by atoms with Crippen LogP contribution in [-0.4, -0.2) is 38.1 Å². The number of aromatic nitrogens is 1. The number of hydrogen-bond acceptors (Lipinski definition) is 4. The summed E-state index contributed by atoms with van der Waals surface area (Å²) in [4.78, 5) is 12.3. The van der Waals surface area contributed by atoms with Gasteiger partial charge in [0.25, 0.3) is 0 Å². The Labute approximate surface area is 172 Å². The van der Waals surface area contributed by atoms with Gasteiger partial charge in [0, 0.05) is 37.7 Å². The van der Waals surface area contributed by atoms with Crippen LogP contribution in [0, 0.1) is 13.8 Å². The zero-order chi connectivity index (χ0) is 17.4. The maximum absolute atomic E-state index is 4.54. The molecule has 0 saturated heterocycles. The van der Waals surface area contributed by atoms with Gasteiger partial charge >= 0.3 is 0 Å². The Kier molecular flexibility index (Phi) is 9.81. The highest BCUT2D eigenvalue weighted by molar-refractivity contribution is 14.0. The Balaban J connectivity index is 0.00000312. The van der Waals surface area contributed by atoms with E-state index in [-0.39, 0.29) is 24.0 Å². The van der Waals surface area contributed by atoms with Gasteiger partial charge in [-0.2, -0.15) is 0 Å². The minimum Gasteiger partial charge on any atom is -0.375 e. The molecule has 0 bridgehead atoms. The van der Waals surface area contributed by atoms with Gasteiger partial charge < -0.3 is 15.5 Å². The van der Waals surface area contributed by atoms with Crippen LogP contribution in [0.3, 0.4) is 0 Å². The maximum Gasteiger partial charge on any atom is 0.191 e. The van der Waals surface area contributed by atoms with Crippen molar-refractivity contribution in [3.8, 4) is 0 Å². The number of benzene rings is 1. The van der Waals surface area contributed by atoms with Gasteiger partial charge in [0.1, 0.15) is 5.01 Å². The van der Waals surface area contributed by atoms with Crippen molar-refractivity contribution >= 4 is 47.0 Å². The van der Waals surface area contributed by atoms with E-state index in [0.717, 1.165) is 36.2 Å². The second kappa shape index (κ2) is 11.3. The molecule has 0 atom stereocenters. The Bertz CT molecular complexity index is 637. The maximum atomic E-state index is 4.54. The molecule has 25 heavy (non-hydrogen) atoms. The van der Waals surface area contributed by atoms with Gasteiger partial charge in [-0.05, 0) is 32.4 Å². The highest BCUT2D eigenvalue weighted by atomic mass is 127. The van der Waals surface area contributed by atoms with Crippen molar-refractivity contribution in [2.75, 3.05) is 32.1 Å². The third-order valence-corrected chi connectivity index (χ3v) is 4.94. The number of aliphatic imine (C=N–C) groups is 1. The summed E-state index contributed by atoms with van der Waals surface area (Å²) in [5.74, 6) is 0.822. The van der Waals surface area contributed by atoms with E-state index in [4.69, 9.17) is 0 Å². The molecule has 2 rings (SSSR count). The summed E-state index contributed by atoms with van der Waals surface area (Å²) in [6.07, 6.45) is 1.04. The predicted octanol–water partition coefficient (Wildman–Crippen LogP) is 3.57. The summed E-state index contributed by atoms with van der Waals surface area (Å²) in [5.41, 5.74) is 2.36. The first-order valence-electron chi connectivity index (χ1n) is 8.23. The third kappa shape index (κ3) is 7.19. The first-order chi connectivity index (χ1) is 11.6. The average molecular weight is 473 g/mol. The number of para-hydroxylation sites is 1. The molecule has 1 aromatic carbocycles. The standard InChI is InChI=1S/C18H27N5S.HI/c1-14-15(2)24-17(22-14)13-21-18(19-3)20-11-8-12-23(4)16-9-6-5-7-10-16;/h5-7,9-10H,8,11-13H2,1-4H3,(H2,19,20,21);1H. The lowest BCUT2D eigenvalue weighted by molar-refractivity contribution is 0.728. The fourth-order valence-corrected chi connectivity index (χ4v) is 3.20. The molecule has 138 valence electrons. The average Bonchev–Trinajstić information content (AvgIpc) is 2.93. The molecule has 0 saturated carbocycles. The molecule has 0 spiro atoms. The number of thiazole rings is 1. The van der Waals surface area contributed by atoms with E-state index in [1.54, 1.807) is 18.4 Å². The Hall–Kier alpha value is -1.35. The molecule has 0 aliphatic carbocycles. The van der Waals surface area contributed by atoms with E-state index < -0.39 is 0 Å². The Morgan fingerprint density at radius 1 is 1.20 bits per heavy atom. The van der Waals surface area contributed by atoms with Crippen molar-refractivity contribution in [2.45, 2.75) is 26.8 Å². The van der Waals surface area contributed by atoms with E-state index in [1.165, 1.54) is 10.6 Å². The summed E-state index contributed by atoms with van der Waals surface area (Å²) in [6, 6.07) is 10.4. The smallest absolute Gasteiger partial charge is 0.191 e. The number of nitrogens with zero attached hydrogens (tertiary/aromatic N) is 3. The monoisotopic (exact) mass is 473 g/mol. The molecule has 0 amide bonds. The molecule has 5 nitrogen and oxygen atoms in total. The molecule has 2 N–H and O–H groups in total. The van der Waals surface area contributed by atoms with Crippen molar-refractivity contribution < 1.29 is 0 Å². The molecule has 0 aliphatic rings. The molecule has 2 aromatic rings. The van der Waals surface area contributed by atoms with E-state index >= 15 is 0 Å². The molecule has 0 radical (unpaired) electrons. The molecule has 0 fully saturated rings. The van der Waals surface area contributed by atoms with E-state index in [1.807, 2.05) is 13.0 Å². The van der Waals surface area contributed by atoms with Gasteiger partial charge in [0.2, 0.25) is 0 Å². The molecule has 1 aromatic heterocycles. The number of guanidine groups is 1. The van der Waals surface area contributed by atoms with E-state index in [9.17, 15) is 0 Å². The van der Waals surface area contributed by atoms with E-state index in [2.05, 4.69) is 63.7 Å². The molecule has 7 heteroatoms. The van der Waals surface area contributed by atoms with Gasteiger partial charge in [0.15, 0.2) is 5.96 Å². The van der Waals surface area contributed by atoms with Gasteiger partial charge in [-0.15, -0.1) is 35.3 Å². The number of aryl methyl sites for hydroxylation is 2. The van der Waals surface area contributed by atoms with Gasteiger partial charge in [-0.25, -0.2) is 4.98 Å². The number of hydrogen-bond donors (Lipinski definition) is 2. The highest BCUT2D eigenvalue weighted by Gasteiger charge is 2.05. The number of halogens is 1. The number of nitrogens with one attached hydrogen (secondary N) is 2. The zero-order valence-electron chi connectivity index (χ0n) is 15.4. The Morgan fingerprint density at radius 3 is 2.52 bits per heavy atom. The van der Waals surface area contributed by atoms with E-state index in [0.29, 0.717) is 6.54 Å². The van der Waals surface area contributed by atoms with Crippen molar-refractivity contribution in [1.29, 1.82) is 0 Å². The topological polar surface area (TPSA) is 52.6 Å². The van der Waals surface area contributed by atoms with Crippen LogP contribution in [-0.2, 0) is 6.54 Å².